The monoisotopic (exact) mass is 309 g/mol. The first-order chi connectivity index (χ1) is 9.83. The van der Waals surface area contributed by atoms with Crippen LogP contribution in [-0.4, -0.2) is 31.1 Å². The minimum absolute atomic E-state index is 0.0184. The van der Waals surface area contributed by atoms with Crippen molar-refractivity contribution >= 4 is 20.8 Å². The van der Waals surface area contributed by atoms with Crippen LogP contribution in [0.4, 0.5) is 0 Å². The highest BCUT2D eigenvalue weighted by Crippen LogP contribution is 2.27. The van der Waals surface area contributed by atoms with Gasteiger partial charge in [0.15, 0.2) is 0 Å². The number of hydrogen-bond donors (Lipinski definition) is 3. The Labute approximate surface area is 124 Å². The van der Waals surface area contributed by atoms with Crippen molar-refractivity contribution in [3.8, 4) is 5.88 Å². The molecule has 1 aromatic heterocycles. The number of sulfonamides is 1. The molecule has 7 heteroatoms. The number of pyridine rings is 1. The number of aromatic hydroxyl groups is 1. The Balaban J connectivity index is 2.39. The lowest BCUT2D eigenvalue weighted by atomic mass is 10.1. The molecule has 0 bridgehead atoms. The van der Waals surface area contributed by atoms with Crippen LogP contribution in [0.2, 0.25) is 0 Å². The Kier molecular flexibility index (Phi) is 4.46. The molecule has 0 amide bonds. The molecule has 0 radical (unpaired) electrons. The third kappa shape index (κ3) is 3.31. The molecule has 0 aliphatic rings. The van der Waals surface area contributed by atoms with Crippen LogP contribution in [0.1, 0.15) is 13.8 Å². The molecule has 0 aliphatic carbocycles. The summed E-state index contributed by atoms with van der Waals surface area (Å²) >= 11 is 0. The first-order valence-electron chi connectivity index (χ1n) is 6.65. The van der Waals surface area contributed by atoms with Crippen LogP contribution < -0.4 is 10.5 Å². The molecule has 1 aromatic carbocycles. The molecule has 0 saturated carbocycles. The maximum Gasteiger partial charge on any atom is 0.241 e. The predicted molar refractivity (Wildman–Crippen MR) is 81.4 cm³/mol. The van der Waals surface area contributed by atoms with E-state index < -0.39 is 10.0 Å². The van der Waals surface area contributed by atoms with Crippen LogP contribution in [-0.2, 0) is 10.0 Å². The quantitative estimate of drug-likeness (QED) is 0.769. The molecular formula is C14H19N3O3S. The minimum atomic E-state index is -3.68. The zero-order chi connectivity index (χ0) is 15.6. The standard InChI is InChI=1S/C14H19N3O3S/c1-9(10(2)15)8-17-21(19,20)13-5-3-4-12-11(13)6-7-16-14(12)18/h3-7,9-10,17H,8,15H2,1-2H3,(H,16,18). The van der Waals surface area contributed by atoms with Gasteiger partial charge in [0, 0.05) is 29.6 Å². The van der Waals surface area contributed by atoms with E-state index in [0.717, 1.165) is 0 Å². The van der Waals surface area contributed by atoms with E-state index in [2.05, 4.69) is 9.71 Å². The van der Waals surface area contributed by atoms with Crippen LogP contribution in [0.25, 0.3) is 10.8 Å². The first-order valence-corrected chi connectivity index (χ1v) is 8.13. The summed E-state index contributed by atoms with van der Waals surface area (Å²) in [6.07, 6.45) is 1.38. The van der Waals surface area contributed by atoms with E-state index in [-0.39, 0.29) is 29.3 Å². The second-order valence-corrected chi connectivity index (χ2v) is 6.91. The molecule has 4 N–H and O–H groups in total. The molecule has 21 heavy (non-hydrogen) atoms. The average molecular weight is 309 g/mol. The van der Waals surface area contributed by atoms with Crippen LogP contribution in [0.3, 0.4) is 0 Å². The summed E-state index contributed by atoms with van der Waals surface area (Å²) in [4.78, 5) is 3.87. The summed E-state index contributed by atoms with van der Waals surface area (Å²) in [6.45, 7) is 3.97. The largest absolute Gasteiger partial charge is 0.493 e. The van der Waals surface area contributed by atoms with Gasteiger partial charge in [0.2, 0.25) is 15.9 Å². The number of nitrogens with two attached hydrogens (primary N) is 1. The van der Waals surface area contributed by atoms with Gasteiger partial charge in [0.05, 0.1) is 4.90 Å². The molecule has 0 saturated heterocycles. The predicted octanol–water partition coefficient (Wildman–Crippen LogP) is 1.20. The van der Waals surface area contributed by atoms with Crippen molar-refractivity contribution in [2.24, 2.45) is 11.7 Å². The summed E-state index contributed by atoms with van der Waals surface area (Å²) in [5, 5.41) is 10.5. The van der Waals surface area contributed by atoms with Crippen molar-refractivity contribution < 1.29 is 13.5 Å². The molecule has 2 atom stereocenters. The van der Waals surface area contributed by atoms with Crippen molar-refractivity contribution in [3.63, 3.8) is 0 Å². The summed E-state index contributed by atoms with van der Waals surface area (Å²) in [6, 6.07) is 6.17. The van der Waals surface area contributed by atoms with E-state index in [1.807, 2.05) is 13.8 Å². The smallest absolute Gasteiger partial charge is 0.241 e. The zero-order valence-electron chi connectivity index (χ0n) is 11.9. The van der Waals surface area contributed by atoms with Crippen molar-refractivity contribution in [1.29, 1.82) is 0 Å². The highest BCUT2D eigenvalue weighted by atomic mass is 32.2. The lowest BCUT2D eigenvalue weighted by Crippen LogP contribution is -2.36. The Morgan fingerprint density at radius 2 is 2.00 bits per heavy atom. The fourth-order valence-corrected chi connectivity index (χ4v) is 3.27. The van der Waals surface area contributed by atoms with Gasteiger partial charge in [-0.3, -0.25) is 0 Å². The molecule has 114 valence electrons. The number of fused-ring (bicyclic) bond motifs is 1. The summed E-state index contributed by atoms with van der Waals surface area (Å²) in [5.41, 5.74) is 5.74. The van der Waals surface area contributed by atoms with E-state index >= 15 is 0 Å². The van der Waals surface area contributed by atoms with Gasteiger partial charge in [-0.15, -0.1) is 0 Å². The van der Waals surface area contributed by atoms with Crippen molar-refractivity contribution in [3.05, 3.63) is 30.5 Å². The second kappa shape index (κ2) is 5.97. The number of nitrogens with zero attached hydrogens (tertiary/aromatic N) is 1. The summed E-state index contributed by atoms with van der Waals surface area (Å²) in [7, 11) is -3.68. The normalized spacial score (nSPS) is 15.0. The van der Waals surface area contributed by atoms with Gasteiger partial charge in [-0.2, -0.15) is 0 Å². The van der Waals surface area contributed by atoms with E-state index in [9.17, 15) is 13.5 Å². The van der Waals surface area contributed by atoms with Crippen molar-refractivity contribution in [2.45, 2.75) is 24.8 Å². The van der Waals surface area contributed by atoms with Crippen LogP contribution in [0.15, 0.2) is 35.4 Å². The number of nitrogens with one attached hydrogen (secondary N) is 1. The van der Waals surface area contributed by atoms with E-state index in [4.69, 9.17) is 5.73 Å². The van der Waals surface area contributed by atoms with E-state index in [1.54, 1.807) is 18.2 Å². The molecule has 2 aromatic rings. The van der Waals surface area contributed by atoms with Crippen LogP contribution >= 0.6 is 0 Å². The number of hydrogen-bond acceptors (Lipinski definition) is 5. The molecule has 2 unspecified atom stereocenters. The van der Waals surface area contributed by atoms with Gasteiger partial charge in [-0.05, 0) is 31.0 Å². The maximum absolute atomic E-state index is 12.4. The summed E-state index contributed by atoms with van der Waals surface area (Å²) in [5.74, 6) is -0.168. The molecule has 0 fully saturated rings. The zero-order valence-corrected chi connectivity index (χ0v) is 12.8. The fraction of sp³-hybridized carbons (Fsp3) is 0.357. The van der Waals surface area contributed by atoms with Gasteiger partial charge in [-0.1, -0.05) is 13.0 Å². The molecular weight excluding hydrogens is 290 g/mol. The molecule has 6 nitrogen and oxygen atoms in total. The number of aromatic nitrogens is 1. The van der Waals surface area contributed by atoms with Gasteiger partial charge in [0.1, 0.15) is 0 Å². The van der Waals surface area contributed by atoms with E-state index in [1.165, 1.54) is 12.3 Å². The van der Waals surface area contributed by atoms with Gasteiger partial charge in [0.25, 0.3) is 0 Å². The molecule has 0 spiro atoms. The van der Waals surface area contributed by atoms with Gasteiger partial charge >= 0.3 is 0 Å². The van der Waals surface area contributed by atoms with Gasteiger partial charge < -0.3 is 10.8 Å². The molecule has 0 aliphatic heterocycles. The van der Waals surface area contributed by atoms with Crippen LogP contribution in [0, 0.1) is 5.92 Å². The third-order valence-electron chi connectivity index (χ3n) is 3.53. The maximum atomic E-state index is 12.4. The van der Waals surface area contributed by atoms with E-state index in [0.29, 0.717) is 10.8 Å². The Hall–Kier alpha value is -1.70. The highest BCUT2D eigenvalue weighted by Gasteiger charge is 2.19. The lowest BCUT2D eigenvalue weighted by molar-refractivity contribution is 0.460. The number of rotatable bonds is 5. The van der Waals surface area contributed by atoms with Crippen molar-refractivity contribution in [2.75, 3.05) is 6.54 Å². The minimum Gasteiger partial charge on any atom is -0.493 e. The lowest BCUT2D eigenvalue weighted by Gasteiger charge is -2.16. The summed E-state index contributed by atoms with van der Waals surface area (Å²) < 4.78 is 27.4. The number of benzene rings is 1. The topological polar surface area (TPSA) is 105 Å². The SMILES string of the molecule is CC(N)C(C)CNS(=O)(=O)c1cccc2c(O)nccc12. The second-order valence-electron chi connectivity index (χ2n) is 5.17. The fourth-order valence-electron chi connectivity index (χ4n) is 1.90. The Bertz CT molecular complexity index is 744. The highest BCUT2D eigenvalue weighted by molar-refractivity contribution is 7.89. The third-order valence-corrected chi connectivity index (χ3v) is 5.01. The van der Waals surface area contributed by atoms with Crippen molar-refractivity contribution in [1.82, 2.24) is 9.71 Å². The molecule has 2 rings (SSSR count). The van der Waals surface area contributed by atoms with Crippen LogP contribution in [0.5, 0.6) is 5.88 Å². The van der Waals surface area contributed by atoms with Gasteiger partial charge in [-0.25, -0.2) is 18.1 Å². The Morgan fingerprint density at radius 1 is 1.29 bits per heavy atom. The molecule has 1 heterocycles. The first kappa shape index (κ1) is 15.7. The Morgan fingerprint density at radius 3 is 2.67 bits per heavy atom. The average Bonchev–Trinajstić information content (AvgIpc) is 2.44.